The van der Waals surface area contributed by atoms with Crippen molar-refractivity contribution >= 4 is 11.9 Å². The van der Waals surface area contributed by atoms with Gasteiger partial charge in [0.15, 0.2) is 0 Å². The number of carbonyl (C=O) groups is 2. The molecule has 36 heavy (non-hydrogen) atoms. The molecule has 3 aliphatic heterocycles. The number of nitrogens with zero attached hydrogens (tertiary/aromatic N) is 3. The van der Waals surface area contributed by atoms with Crippen LogP contribution >= 0.6 is 0 Å². The lowest BCUT2D eigenvalue weighted by Gasteiger charge is -2.28. The number of alkyl halides is 6. The molecular formula is C22H29F6N3O5. The summed E-state index contributed by atoms with van der Waals surface area (Å²) >= 11 is 0. The highest BCUT2D eigenvalue weighted by molar-refractivity contribution is 5.73. The number of likely N-dealkylation sites (tertiary alicyclic amines) is 2. The molecule has 3 saturated heterocycles. The smallest absolute Gasteiger partial charge is 0.475 e. The van der Waals surface area contributed by atoms with Crippen molar-refractivity contribution in [3.8, 4) is 0 Å². The monoisotopic (exact) mass is 529 g/mol. The fourth-order valence-corrected chi connectivity index (χ4v) is 4.51. The summed E-state index contributed by atoms with van der Waals surface area (Å²) in [5.74, 6) is -2.87. The third-order valence-electron chi connectivity index (χ3n) is 6.11. The van der Waals surface area contributed by atoms with Gasteiger partial charge in [0.1, 0.15) is 0 Å². The van der Waals surface area contributed by atoms with E-state index in [9.17, 15) is 26.3 Å². The van der Waals surface area contributed by atoms with Gasteiger partial charge in [-0.25, -0.2) is 9.59 Å². The van der Waals surface area contributed by atoms with Crippen molar-refractivity contribution in [1.29, 1.82) is 0 Å². The van der Waals surface area contributed by atoms with Crippen molar-refractivity contribution in [3.63, 3.8) is 0 Å². The van der Waals surface area contributed by atoms with E-state index in [-0.39, 0.29) is 0 Å². The quantitative estimate of drug-likeness (QED) is 0.574. The Kier molecular flexibility index (Phi) is 10.9. The van der Waals surface area contributed by atoms with Crippen LogP contribution in [-0.4, -0.2) is 95.2 Å². The number of rotatable bonds is 4. The molecule has 2 atom stereocenters. The average molecular weight is 529 g/mol. The van der Waals surface area contributed by atoms with Crippen molar-refractivity contribution in [2.75, 3.05) is 45.9 Å². The van der Waals surface area contributed by atoms with Crippen LogP contribution in [0.3, 0.4) is 0 Å². The molecule has 204 valence electrons. The molecule has 1 aromatic heterocycles. The molecule has 4 heterocycles. The SMILES string of the molecule is O=C(O)C(F)(F)F.O=C(O)C(F)(F)F.c1cncc(CN2CC3CN(CC4CCOCC4)CC3C2)c1. The minimum atomic E-state index is -5.08. The predicted octanol–water partition coefficient (Wildman–Crippen LogP) is 3.14. The first kappa shape index (κ1) is 29.8. The Morgan fingerprint density at radius 2 is 1.39 bits per heavy atom. The number of ether oxygens (including phenoxy) is 1. The molecule has 8 nitrogen and oxygen atoms in total. The fraction of sp³-hybridized carbons (Fsp3) is 0.682. The maximum Gasteiger partial charge on any atom is 0.490 e. The van der Waals surface area contributed by atoms with E-state index in [0.29, 0.717) is 0 Å². The summed E-state index contributed by atoms with van der Waals surface area (Å²) in [6.07, 6.45) is -3.78. The van der Waals surface area contributed by atoms with Gasteiger partial charge in [0.05, 0.1) is 0 Å². The first-order valence-corrected chi connectivity index (χ1v) is 11.3. The van der Waals surface area contributed by atoms with Crippen LogP contribution in [0.5, 0.6) is 0 Å². The van der Waals surface area contributed by atoms with Crippen LogP contribution in [-0.2, 0) is 20.9 Å². The van der Waals surface area contributed by atoms with E-state index in [1.165, 1.54) is 51.1 Å². The highest BCUT2D eigenvalue weighted by Gasteiger charge is 2.40. The van der Waals surface area contributed by atoms with Crippen LogP contribution in [0.15, 0.2) is 24.5 Å². The Morgan fingerprint density at radius 3 is 1.81 bits per heavy atom. The molecule has 0 amide bonds. The molecule has 2 N–H and O–H groups in total. The number of aliphatic carboxylic acids is 2. The van der Waals surface area contributed by atoms with E-state index in [0.717, 1.165) is 37.5 Å². The zero-order valence-corrected chi connectivity index (χ0v) is 19.3. The lowest BCUT2D eigenvalue weighted by atomic mass is 10.00. The Bertz CT molecular complexity index is 796. The van der Waals surface area contributed by atoms with E-state index in [1.54, 1.807) is 0 Å². The molecule has 0 saturated carbocycles. The molecule has 0 spiro atoms. The second kappa shape index (κ2) is 13.2. The summed E-state index contributed by atoms with van der Waals surface area (Å²) in [6, 6.07) is 4.24. The summed E-state index contributed by atoms with van der Waals surface area (Å²) in [5.41, 5.74) is 1.35. The molecular weight excluding hydrogens is 500 g/mol. The van der Waals surface area contributed by atoms with Crippen molar-refractivity contribution in [1.82, 2.24) is 14.8 Å². The zero-order valence-electron chi connectivity index (χ0n) is 19.3. The number of halogens is 6. The van der Waals surface area contributed by atoms with Gasteiger partial charge in [0.2, 0.25) is 0 Å². The highest BCUT2D eigenvalue weighted by atomic mass is 19.4. The van der Waals surface area contributed by atoms with Crippen molar-refractivity contribution in [2.24, 2.45) is 17.8 Å². The van der Waals surface area contributed by atoms with Crippen LogP contribution in [0, 0.1) is 17.8 Å². The number of pyridine rings is 1. The van der Waals surface area contributed by atoms with Gasteiger partial charge in [-0.1, -0.05) is 6.07 Å². The van der Waals surface area contributed by atoms with Gasteiger partial charge in [-0.2, -0.15) is 26.3 Å². The van der Waals surface area contributed by atoms with E-state index in [4.69, 9.17) is 24.5 Å². The predicted molar refractivity (Wildman–Crippen MR) is 114 cm³/mol. The van der Waals surface area contributed by atoms with Gasteiger partial charge in [0, 0.05) is 64.9 Å². The number of fused-ring (bicyclic) bond motifs is 1. The molecule has 4 rings (SSSR count). The van der Waals surface area contributed by atoms with E-state index in [2.05, 4.69) is 20.9 Å². The molecule has 0 aromatic carbocycles. The number of hydrogen-bond acceptors (Lipinski definition) is 6. The average Bonchev–Trinajstić information content (AvgIpc) is 3.32. The normalized spacial score (nSPS) is 23.2. The molecule has 0 aliphatic carbocycles. The van der Waals surface area contributed by atoms with Crippen molar-refractivity contribution < 1.29 is 50.9 Å². The minimum Gasteiger partial charge on any atom is -0.475 e. The number of aromatic nitrogens is 1. The molecule has 0 bridgehead atoms. The van der Waals surface area contributed by atoms with Crippen molar-refractivity contribution in [3.05, 3.63) is 30.1 Å². The third kappa shape index (κ3) is 10.3. The van der Waals surface area contributed by atoms with E-state index < -0.39 is 24.3 Å². The summed E-state index contributed by atoms with van der Waals surface area (Å²) in [6.45, 7) is 9.49. The number of carboxylic acid groups (broad SMARTS) is 2. The summed E-state index contributed by atoms with van der Waals surface area (Å²) in [7, 11) is 0. The molecule has 1 aromatic rings. The summed E-state index contributed by atoms with van der Waals surface area (Å²) in [5, 5.41) is 14.2. The lowest BCUT2D eigenvalue weighted by molar-refractivity contribution is -0.193. The van der Waals surface area contributed by atoms with Crippen LogP contribution in [0.1, 0.15) is 18.4 Å². The van der Waals surface area contributed by atoms with Crippen LogP contribution in [0.4, 0.5) is 26.3 Å². The Morgan fingerprint density at radius 1 is 0.917 bits per heavy atom. The maximum atomic E-state index is 10.6. The van der Waals surface area contributed by atoms with Crippen LogP contribution < -0.4 is 0 Å². The van der Waals surface area contributed by atoms with Gasteiger partial charge in [-0.3, -0.25) is 9.88 Å². The fourth-order valence-electron chi connectivity index (χ4n) is 4.51. The second-order valence-electron chi connectivity index (χ2n) is 8.96. The third-order valence-corrected chi connectivity index (χ3v) is 6.11. The molecule has 3 fully saturated rings. The summed E-state index contributed by atoms with van der Waals surface area (Å²) < 4.78 is 69.0. The Labute approximate surface area is 203 Å². The Balaban J connectivity index is 0.000000271. The van der Waals surface area contributed by atoms with Gasteiger partial charge in [0.25, 0.3) is 0 Å². The maximum absolute atomic E-state index is 10.6. The molecule has 3 aliphatic rings. The standard InChI is InChI=1S/C18H27N3O.2C2HF3O2/c1-2-16(8-19-5-1)10-21-13-17-11-20(12-18(17)14-21)9-15-3-6-22-7-4-15;2*3-2(4,5)1(6)7/h1-2,5,8,15,17-18H,3-4,6-7,9-14H2;2*(H,6,7). The summed E-state index contributed by atoms with van der Waals surface area (Å²) in [4.78, 5) is 27.4. The van der Waals surface area contributed by atoms with Gasteiger partial charge >= 0.3 is 24.3 Å². The molecule has 14 heteroatoms. The first-order chi connectivity index (χ1) is 16.8. The minimum absolute atomic E-state index is 0.874. The topological polar surface area (TPSA) is 103 Å². The van der Waals surface area contributed by atoms with E-state index >= 15 is 0 Å². The largest absolute Gasteiger partial charge is 0.490 e. The number of carboxylic acids is 2. The van der Waals surface area contributed by atoms with Gasteiger partial charge in [-0.05, 0) is 42.2 Å². The molecule has 0 radical (unpaired) electrons. The molecule has 2 unspecified atom stereocenters. The first-order valence-electron chi connectivity index (χ1n) is 11.3. The van der Waals surface area contributed by atoms with E-state index in [1.807, 2.05) is 18.5 Å². The van der Waals surface area contributed by atoms with Gasteiger partial charge < -0.3 is 19.8 Å². The lowest BCUT2D eigenvalue weighted by Crippen LogP contribution is -2.34. The highest BCUT2D eigenvalue weighted by Crippen LogP contribution is 2.33. The van der Waals surface area contributed by atoms with Crippen molar-refractivity contribution in [2.45, 2.75) is 31.7 Å². The Hall–Kier alpha value is -2.45. The number of hydrogen-bond donors (Lipinski definition) is 2. The zero-order chi connectivity index (χ0) is 26.9. The second-order valence-corrected chi connectivity index (χ2v) is 8.96. The van der Waals surface area contributed by atoms with Crippen LogP contribution in [0.2, 0.25) is 0 Å². The van der Waals surface area contributed by atoms with Crippen LogP contribution in [0.25, 0.3) is 0 Å². The van der Waals surface area contributed by atoms with Gasteiger partial charge in [-0.15, -0.1) is 0 Å².